The normalized spacial score (nSPS) is 15.7. The minimum Gasteiger partial charge on any atom is -0.467 e. The molecule has 0 bridgehead atoms. The molecule has 1 fully saturated rings. The topological polar surface area (TPSA) is 86.3 Å². The molecule has 0 aliphatic carbocycles. The molecule has 0 aromatic carbocycles. The number of tetrazole rings is 1. The van der Waals surface area contributed by atoms with Gasteiger partial charge < -0.3 is 14.1 Å². The summed E-state index contributed by atoms with van der Waals surface area (Å²) in [5.74, 6) is 1.06. The predicted octanol–water partition coefficient (Wildman–Crippen LogP) is 1.37. The van der Waals surface area contributed by atoms with Gasteiger partial charge in [0.25, 0.3) is 0 Å². The van der Waals surface area contributed by atoms with Gasteiger partial charge in [-0.25, -0.2) is 4.68 Å². The van der Waals surface area contributed by atoms with Crippen LogP contribution in [0.25, 0.3) is 0 Å². The number of nitrogens with zero attached hydrogens (tertiary/aromatic N) is 5. The zero-order valence-electron chi connectivity index (χ0n) is 12.9. The van der Waals surface area contributed by atoms with E-state index in [4.69, 9.17) is 9.15 Å². The first-order chi connectivity index (χ1) is 11.2. The van der Waals surface area contributed by atoms with E-state index in [1.807, 2.05) is 16.8 Å². The molecule has 3 heterocycles. The molecule has 124 valence electrons. The lowest BCUT2D eigenvalue weighted by Gasteiger charge is -2.22. The molecule has 0 radical (unpaired) electrons. The molecule has 1 saturated heterocycles. The van der Waals surface area contributed by atoms with Crippen LogP contribution in [0.4, 0.5) is 0 Å². The lowest BCUT2D eigenvalue weighted by Crippen LogP contribution is -2.28. The third-order valence-electron chi connectivity index (χ3n) is 3.72. The molecule has 2 aromatic heterocycles. The van der Waals surface area contributed by atoms with Gasteiger partial charge in [0.05, 0.1) is 24.6 Å². The van der Waals surface area contributed by atoms with Gasteiger partial charge in [-0.1, -0.05) is 11.8 Å². The summed E-state index contributed by atoms with van der Waals surface area (Å²) in [5.41, 5.74) is 0. The molecule has 1 aliphatic heterocycles. The summed E-state index contributed by atoms with van der Waals surface area (Å²) in [6, 6.07) is 3.91. The van der Waals surface area contributed by atoms with Crippen LogP contribution in [-0.2, 0) is 16.1 Å². The Morgan fingerprint density at radius 2 is 2.30 bits per heavy atom. The average Bonchev–Trinajstić information content (AvgIpc) is 3.24. The summed E-state index contributed by atoms with van der Waals surface area (Å²) in [4.78, 5) is 13.9. The molecule has 8 nitrogen and oxygen atoms in total. The number of carbonyl (C=O) groups excluding carboxylic acids is 1. The number of ether oxygens (including phenoxy) is 1. The Kier molecular flexibility index (Phi) is 5.29. The largest absolute Gasteiger partial charge is 0.467 e. The fourth-order valence-corrected chi connectivity index (χ4v) is 3.29. The second kappa shape index (κ2) is 7.60. The third kappa shape index (κ3) is 4.11. The molecule has 2 aromatic rings. The predicted molar refractivity (Wildman–Crippen MR) is 82.8 cm³/mol. The van der Waals surface area contributed by atoms with Crippen molar-refractivity contribution in [1.29, 1.82) is 0 Å². The maximum Gasteiger partial charge on any atom is 0.233 e. The monoisotopic (exact) mass is 337 g/mol. The van der Waals surface area contributed by atoms with E-state index in [1.54, 1.807) is 18.2 Å². The maximum absolute atomic E-state index is 12.2. The van der Waals surface area contributed by atoms with Crippen molar-refractivity contribution in [2.75, 3.05) is 26.0 Å². The van der Waals surface area contributed by atoms with Crippen LogP contribution in [0.1, 0.15) is 24.6 Å². The molecule has 0 N–H and O–H groups in total. The summed E-state index contributed by atoms with van der Waals surface area (Å²) in [6.07, 6.45) is 3.39. The molecule has 0 unspecified atom stereocenters. The Labute approximate surface area is 138 Å². The lowest BCUT2D eigenvalue weighted by atomic mass is 10.1. The third-order valence-corrected chi connectivity index (χ3v) is 4.64. The summed E-state index contributed by atoms with van der Waals surface area (Å²) in [6.45, 7) is 1.90. The van der Waals surface area contributed by atoms with Crippen LogP contribution < -0.4 is 0 Å². The van der Waals surface area contributed by atoms with E-state index in [2.05, 4.69) is 15.5 Å². The van der Waals surface area contributed by atoms with E-state index < -0.39 is 0 Å². The Morgan fingerprint density at radius 3 is 3.04 bits per heavy atom. The standard InChI is InChI=1S/C14H19N5O3S/c1-18(9-12-3-2-6-22-12)13(20)10-23-14-15-16-17-19(14)11-4-7-21-8-5-11/h2-3,6,11H,4-5,7-10H2,1H3. The Hall–Kier alpha value is -1.87. The highest BCUT2D eigenvalue weighted by Crippen LogP contribution is 2.25. The van der Waals surface area contributed by atoms with Crippen molar-refractivity contribution in [3.63, 3.8) is 0 Å². The van der Waals surface area contributed by atoms with Gasteiger partial charge in [0.15, 0.2) is 0 Å². The number of amides is 1. The van der Waals surface area contributed by atoms with Crippen molar-refractivity contribution in [1.82, 2.24) is 25.1 Å². The average molecular weight is 337 g/mol. The van der Waals surface area contributed by atoms with E-state index in [0.717, 1.165) is 31.8 Å². The summed E-state index contributed by atoms with van der Waals surface area (Å²) >= 11 is 1.36. The first-order valence-corrected chi connectivity index (χ1v) is 8.47. The number of hydrogen-bond acceptors (Lipinski definition) is 7. The van der Waals surface area contributed by atoms with Crippen LogP contribution >= 0.6 is 11.8 Å². The molecular weight excluding hydrogens is 318 g/mol. The van der Waals surface area contributed by atoms with Crippen molar-refractivity contribution in [3.05, 3.63) is 24.2 Å². The molecule has 1 amide bonds. The van der Waals surface area contributed by atoms with Crippen LogP contribution in [0, 0.1) is 0 Å². The first-order valence-electron chi connectivity index (χ1n) is 7.49. The molecule has 0 saturated carbocycles. The summed E-state index contributed by atoms with van der Waals surface area (Å²) < 4.78 is 12.4. The van der Waals surface area contributed by atoms with Crippen LogP contribution in [-0.4, -0.2) is 57.0 Å². The highest BCUT2D eigenvalue weighted by Gasteiger charge is 2.21. The molecule has 3 rings (SSSR count). The SMILES string of the molecule is CN(Cc1ccco1)C(=O)CSc1nnnn1C1CCOCC1. The minimum atomic E-state index is 0.00734. The van der Waals surface area contributed by atoms with Crippen LogP contribution in [0.2, 0.25) is 0 Å². The van der Waals surface area contributed by atoms with Gasteiger partial charge in [-0.15, -0.1) is 5.10 Å². The molecule has 0 spiro atoms. The van der Waals surface area contributed by atoms with Crippen molar-refractivity contribution in [3.8, 4) is 0 Å². The summed E-state index contributed by atoms with van der Waals surface area (Å²) in [5, 5.41) is 12.5. The van der Waals surface area contributed by atoms with Crippen molar-refractivity contribution in [2.45, 2.75) is 30.6 Å². The van der Waals surface area contributed by atoms with E-state index in [1.165, 1.54) is 11.8 Å². The smallest absolute Gasteiger partial charge is 0.233 e. The van der Waals surface area contributed by atoms with Gasteiger partial charge in [0.1, 0.15) is 5.76 Å². The molecule has 0 atom stereocenters. The Morgan fingerprint density at radius 1 is 1.48 bits per heavy atom. The van der Waals surface area contributed by atoms with Crippen LogP contribution in [0.5, 0.6) is 0 Å². The van der Waals surface area contributed by atoms with Crippen molar-refractivity contribution >= 4 is 17.7 Å². The molecule has 23 heavy (non-hydrogen) atoms. The Balaban J connectivity index is 1.53. The zero-order chi connectivity index (χ0) is 16.1. The van der Waals surface area contributed by atoms with E-state index in [0.29, 0.717) is 17.5 Å². The maximum atomic E-state index is 12.2. The quantitative estimate of drug-likeness (QED) is 0.736. The number of aromatic nitrogens is 4. The number of hydrogen-bond donors (Lipinski definition) is 0. The number of furan rings is 1. The second-order valence-electron chi connectivity index (χ2n) is 5.37. The fourth-order valence-electron chi connectivity index (χ4n) is 2.40. The van der Waals surface area contributed by atoms with E-state index in [-0.39, 0.29) is 11.9 Å². The van der Waals surface area contributed by atoms with E-state index in [9.17, 15) is 4.79 Å². The number of rotatable bonds is 6. The lowest BCUT2D eigenvalue weighted by molar-refractivity contribution is -0.127. The van der Waals surface area contributed by atoms with Gasteiger partial charge >= 0.3 is 0 Å². The highest BCUT2D eigenvalue weighted by molar-refractivity contribution is 7.99. The van der Waals surface area contributed by atoms with Gasteiger partial charge in [0.2, 0.25) is 11.1 Å². The van der Waals surface area contributed by atoms with Crippen molar-refractivity contribution < 1.29 is 13.9 Å². The van der Waals surface area contributed by atoms with Crippen LogP contribution in [0.15, 0.2) is 28.0 Å². The highest BCUT2D eigenvalue weighted by atomic mass is 32.2. The first kappa shape index (κ1) is 16.0. The van der Waals surface area contributed by atoms with E-state index >= 15 is 0 Å². The molecule has 1 aliphatic rings. The number of thioether (sulfide) groups is 1. The van der Waals surface area contributed by atoms with Crippen molar-refractivity contribution in [2.24, 2.45) is 0 Å². The van der Waals surface area contributed by atoms with Gasteiger partial charge in [-0.3, -0.25) is 4.79 Å². The van der Waals surface area contributed by atoms with Crippen LogP contribution in [0.3, 0.4) is 0 Å². The summed E-state index contributed by atoms with van der Waals surface area (Å²) in [7, 11) is 1.76. The fraction of sp³-hybridized carbons (Fsp3) is 0.571. The van der Waals surface area contributed by atoms with Gasteiger partial charge in [0, 0.05) is 20.3 Å². The second-order valence-corrected chi connectivity index (χ2v) is 6.31. The molecule has 9 heteroatoms. The zero-order valence-corrected chi connectivity index (χ0v) is 13.7. The number of carbonyl (C=O) groups is 1. The Bertz CT molecular complexity index is 624. The molecular formula is C14H19N5O3S. The van der Waals surface area contributed by atoms with Gasteiger partial charge in [-0.05, 0) is 35.4 Å². The van der Waals surface area contributed by atoms with Gasteiger partial charge in [-0.2, -0.15) is 0 Å². The minimum absolute atomic E-state index is 0.00734.